The first-order valence-corrected chi connectivity index (χ1v) is 6.62. The van der Waals surface area contributed by atoms with Crippen molar-refractivity contribution in [2.24, 2.45) is 5.84 Å². The molecule has 0 saturated heterocycles. The van der Waals surface area contributed by atoms with Crippen molar-refractivity contribution in [2.75, 3.05) is 13.2 Å². The fourth-order valence-corrected chi connectivity index (χ4v) is 1.66. The molecule has 0 aliphatic carbocycles. The zero-order chi connectivity index (χ0) is 13.9. The summed E-state index contributed by atoms with van der Waals surface area (Å²) in [6.07, 6.45) is 3.12. The average molecular weight is 266 g/mol. The van der Waals surface area contributed by atoms with Crippen LogP contribution in [0.3, 0.4) is 0 Å². The minimum absolute atomic E-state index is 0.123. The largest absolute Gasteiger partial charge is 0.490 e. The second-order valence-electron chi connectivity index (χ2n) is 4.11. The van der Waals surface area contributed by atoms with Crippen LogP contribution >= 0.6 is 0 Å². The van der Waals surface area contributed by atoms with E-state index in [9.17, 15) is 4.79 Å². The standard InChI is InChI=1S/C14H22N2O3/c1-2-18-12-8-5-6-9-13(12)19-11-7-3-4-10-14(17)16-15/h5-6,8-9H,2-4,7,10-11,15H2,1H3,(H,16,17). The number of hydrazine groups is 1. The molecule has 1 amide bonds. The molecule has 1 aromatic carbocycles. The predicted octanol–water partition coefficient (Wildman–Crippen LogP) is 2.01. The summed E-state index contributed by atoms with van der Waals surface area (Å²) < 4.78 is 11.1. The quantitative estimate of drug-likeness (QED) is 0.310. The van der Waals surface area contributed by atoms with Gasteiger partial charge < -0.3 is 9.47 Å². The third-order valence-corrected chi connectivity index (χ3v) is 2.62. The highest BCUT2D eigenvalue weighted by Gasteiger charge is 2.03. The predicted molar refractivity (Wildman–Crippen MR) is 73.9 cm³/mol. The van der Waals surface area contributed by atoms with Crippen LogP contribution in [-0.4, -0.2) is 19.1 Å². The van der Waals surface area contributed by atoms with Gasteiger partial charge in [-0.25, -0.2) is 5.84 Å². The van der Waals surface area contributed by atoms with Gasteiger partial charge in [0.2, 0.25) is 5.91 Å². The van der Waals surface area contributed by atoms with Gasteiger partial charge in [0.05, 0.1) is 13.2 Å². The van der Waals surface area contributed by atoms with Crippen LogP contribution in [0.4, 0.5) is 0 Å². The number of nitrogens with one attached hydrogen (secondary N) is 1. The van der Waals surface area contributed by atoms with E-state index < -0.39 is 0 Å². The van der Waals surface area contributed by atoms with E-state index in [0.29, 0.717) is 19.6 Å². The van der Waals surface area contributed by atoms with Crippen LogP contribution in [0.1, 0.15) is 32.6 Å². The second kappa shape index (κ2) is 9.22. The molecule has 0 aliphatic heterocycles. The topological polar surface area (TPSA) is 73.6 Å². The minimum Gasteiger partial charge on any atom is -0.490 e. The van der Waals surface area contributed by atoms with Gasteiger partial charge in [-0.1, -0.05) is 12.1 Å². The Balaban J connectivity index is 2.20. The fourth-order valence-electron chi connectivity index (χ4n) is 1.66. The molecule has 0 bridgehead atoms. The summed E-state index contributed by atoms with van der Waals surface area (Å²) in [5.41, 5.74) is 2.12. The molecule has 1 aromatic rings. The Morgan fingerprint density at radius 2 is 1.84 bits per heavy atom. The molecule has 1 rings (SSSR count). The summed E-state index contributed by atoms with van der Waals surface area (Å²) in [5.74, 6) is 6.41. The Hall–Kier alpha value is -1.75. The van der Waals surface area contributed by atoms with Gasteiger partial charge in [-0.2, -0.15) is 0 Å². The van der Waals surface area contributed by atoms with Gasteiger partial charge in [0.25, 0.3) is 0 Å². The molecule has 0 spiro atoms. The highest BCUT2D eigenvalue weighted by atomic mass is 16.5. The van der Waals surface area contributed by atoms with Crippen molar-refractivity contribution in [1.82, 2.24) is 5.43 Å². The number of unbranched alkanes of at least 4 members (excludes halogenated alkanes) is 2. The van der Waals surface area contributed by atoms with E-state index >= 15 is 0 Å². The molecule has 19 heavy (non-hydrogen) atoms. The Morgan fingerprint density at radius 1 is 1.16 bits per heavy atom. The zero-order valence-corrected chi connectivity index (χ0v) is 11.4. The number of para-hydroxylation sites is 2. The highest BCUT2D eigenvalue weighted by molar-refractivity contribution is 5.75. The lowest BCUT2D eigenvalue weighted by Crippen LogP contribution is -2.29. The van der Waals surface area contributed by atoms with Crippen LogP contribution in [0, 0.1) is 0 Å². The lowest BCUT2D eigenvalue weighted by molar-refractivity contribution is -0.121. The molecule has 0 saturated carbocycles. The molecule has 5 heteroatoms. The van der Waals surface area contributed by atoms with Crippen molar-refractivity contribution in [3.8, 4) is 11.5 Å². The van der Waals surface area contributed by atoms with Gasteiger partial charge in [0.15, 0.2) is 11.5 Å². The van der Waals surface area contributed by atoms with Gasteiger partial charge in [-0.15, -0.1) is 0 Å². The lowest BCUT2D eigenvalue weighted by Gasteiger charge is -2.11. The number of carbonyl (C=O) groups is 1. The molecule has 0 fully saturated rings. The minimum atomic E-state index is -0.123. The van der Waals surface area contributed by atoms with E-state index in [0.717, 1.165) is 30.8 Å². The summed E-state index contributed by atoms with van der Waals surface area (Å²) >= 11 is 0. The SMILES string of the molecule is CCOc1ccccc1OCCCCCC(=O)NN. The third-order valence-electron chi connectivity index (χ3n) is 2.62. The molecular weight excluding hydrogens is 244 g/mol. The highest BCUT2D eigenvalue weighted by Crippen LogP contribution is 2.26. The molecule has 0 heterocycles. The van der Waals surface area contributed by atoms with Crippen LogP contribution in [0.15, 0.2) is 24.3 Å². The van der Waals surface area contributed by atoms with Gasteiger partial charge in [-0.05, 0) is 38.3 Å². The number of carbonyl (C=O) groups excluding carboxylic acids is 1. The zero-order valence-electron chi connectivity index (χ0n) is 11.4. The van der Waals surface area contributed by atoms with E-state index in [4.69, 9.17) is 15.3 Å². The summed E-state index contributed by atoms with van der Waals surface area (Å²) in [6.45, 7) is 3.18. The summed E-state index contributed by atoms with van der Waals surface area (Å²) in [4.78, 5) is 10.9. The molecular formula is C14H22N2O3. The number of amides is 1. The van der Waals surface area contributed by atoms with Crippen molar-refractivity contribution in [2.45, 2.75) is 32.6 Å². The summed E-state index contributed by atoms with van der Waals surface area (Å²) in [6, 6.07) is 7.63. The Kier molecular flexibility index (Phi) is 7.43. The molecule has 106 valence electrons. The number of hydrogen-bond acceptors (Lipinski definition) is 4. The van der Waals surface area contributed by atoms with Crippen molar-refractivity contribution in [1.29, 1.82) is 0 Å². The smallest absolute Gasteiger partial charge is 0.233 e. The van der Waals surface area contributed by atoms with Gasteiger partial charge in [-0.3, -0.25) is 10.2 Å². The van der Waals surface area contributed by atoms with E-state index in [2.05, 4.69) is 5.43 Å². The first-order valence-electron chi connectivity index (χ1n) is 6.62. The normalized spacial score (nSPS) is 10.0. The van der Waals surface area contributed by atoms with E-state index in [-0.39, 0.29) is 5.91 Å². The maximum absolute atomic E-state index is 10.9. The first kappa shape index (κ1) is 15.3. The fraction of sp³-hybridized carbons (Fsp3) is 0.500. The van der Waals surface area contributed by atoms with Gasteiger partial charge >= 0.3 is 0 Å². The van der Waals surface area contributed by atoms with E-state index in [1.165, 1.54) is 0 Å². The molecule has 0 atom stereocenters. The number of ether oxygens (including phenoxy) is 2. The lowest BCUT2D eigenvalue weighted by atomic mass is 10.2. The molecule has 0 aromatic heterocycles. The molecule has 3 N–H and O–H groups in total. The summed E-state index contributed by atoms with van der Waals surface area (Å²) in [5, 5.41) is 0. The van der Waals surface area contributed by atoms with E-state index in [1.54, 1.807) is 0 Å². The summed E-state index contributed by atoms with van der Waals surface area (Å²) in [7, 11) is 0. The Labute approximate surface area is 114 Å². The monoisotopic (exact) mass is 266 g/mol. The number of benzene rings is 1. The van der Waals surface area contributed by atoms with Gasteiger partial charge in [0, 0.05) is 6.42 Å². The molecule has 5 nitrogen and oxygen atoms in total. The molecule has 0 radical (unpaired) electrons. The maximum Gasteiger partial charge on any atom is 0.233 e. The van der Waals surface area contributed by atoms with Crippen LogP contribution in [0.5, 0.6) is 11.5 Å². The second-order valence-corrected chi connectivity index (χ2v) is 4.11. The Bertz CT molecular complexity index is 383. The maximum atomic E-state index is 10.9. The van der Waals surface area contributed by atoms with Gasteiger partial charge in [0.1, 0.15) is 0 Å². The molecule has 0 aliphatic rings. The first-order chi connectivity index (χ1) is 9.27. The van der Waals surface area contributed by atoms with Crippen molar-refractivity contribution >= 4 is 5.91 Å². The number of nitrogens with two attached hydrogens (primary N) is 1. The van der Waals surface area contributed by atoms with Crippen molar-refractivity contribution in [3.05, 3.63) is 24.3 Å². The van der Waals surface area contributed by atoms with Crippen LogP contribution in [-0.2, 0) is 4.79 Å². The van der Waals surface area contributed by atoms with Crippen molar-refractivity contribution < 1.29 is 14.3 Å². The van der Waals surface area contributed by atoms with Crippen LogP contribution in [0.2, 0.25) is 0 Å². The third kappa shape index (κ3) is 6.10. The van der Waals surface area contributed by atoms with Crippen LogP contribution in [0.25, 0.3) is 0 Å². The Morgan fingerprint density at radius 3 is 2.47 bits per heavy atom. The molecule has 0 unspecified atom stereocenters. The van der Waals surface area contributed by atoms with Crippen molar-refractivity contribution in [3.63, 3.8) is 0 Å². The number of hydrogen-bond donors (Lipinski definition) is 2. The average Bonchev–Trinajstić information content (AvgIpc) is 2.44. The number of rotatable bonds is 9. The van der Waals surface area contributed by atoms with E-state index in [1.807, 2.05) is 31.2 Å². The van der Waals surface area contributed by atoms with Crippen LogP contribution < -0.4 is 20.7 Å².